The van der Waals surface area contributed by atoms with Gasteiger partial charge in [-0.2, -0.15) is 0 Å². The fourth-order valence-electron chi connectivity index (χ4n) is 9.33. The highest BCUT2D eigenvalue weighted by atomic mass is 32.2. The molecule has 10 aromatic rings. The fraction of sp³-hybridized carbons (Fsp3) is 0.0175. The quantitative estimate of drug-likeness (QED) is 0.149. The van der Waals surface area contributed by atoms with E-state index in [2.05, 4.69) is 241 Å². The number of nitrogens with zero attached hydrogens (tertiary/aromatic N) is 1. The van der Waals surface area contributed by atoms with Crippen LogP contribution < -0.4 is 4.90 Å². The molecule has 11 rings (SSSR count). The van der Waals surface area contributed by atoms with E-state index in [1.165, 1.54) is 75.8 Å². The normalized spacial score (nSPS) is 14.4. The zero-order valence-corrected chi connectivity index (χ0v) is 33.2. The van der Waals surface area contributed by atoms with Gasteiger partial charge in [0, 0.05) is 26.9 Å². The summed E-state index contributed by atoms with van der Waals surface area (Å²) in [5.41, 5.74) is 12.7. The minimum Gasteiger partial charge on any atom is -0.311 e. The van der Waals surface area contributed by atoms with Gasteiger partial charge >= 0.3 is 0 Å². The Morgan fingerprint density at radius 1 is 0.305 bits per heavy atom. The van der Waals surface area contributed by atoms with Crippen LogP contribution in [0.1, 0.15) is 22.3 Å². The molecule has 0 saturated heterocycles. The van der Waals surface area contributed by atoms with Crippen molar-refractivity contribution in [1.29, 1.82) is 0 Å². The molecule has 0 radical (unpaired) electrons. The molecule has 0 saturated carbocycles. The maximum absolute atomic E-state index is 2.38. The molecule has 278 valence electrons. The number of anilines is 3. The first-order chi connectivity index (χ1) is 29.3. The maximum atomic E-state index is 2.38. The molecule has 1 heterocycles. The summed E-state index contributed by atoms with van der Waals surface area (Å²) in [6, 6.07) is 86.7. The van der Waals surface area contributed by atoms with E-state index in [-0.39, 0.29) is 0 Å². The molecule has 1 aliphatic rings. The Bertz CT molecular complexity index is 3000. The summed E-state index contributed by atoms with van der Waals surface area (Å²) < 4.78 is 0. The van der Waals surface area contributed by atoms with Crippen molar-refractivity contribution in [3.8, 4) is 22.3 Å². The second-order valence-corrected chi connectivity index (χ2v) is 16.3. The number of rotatable bonds is 7. The molecule has 0 fully saturated rings. The Morgan fingerprint density at radius 3 is 1.25 bits per heavy atom. The van der Waals surface area contributed by atoms with Crippen molar-refractivity contribution in [2.45, 2.75) is 15.2 Å². The van der Waals surface area contributed by atoms with Gasteiger partial charge in [0.05, 0.1) is 5.41 Å². The van der Waals surface area contributed by atoms with E-state index >= 15 is 0 Å². The first-order valence-corrected chi connectivity index (χ1v) is 21.1. The van der Waals surface area contributed by atoms with Gasteiger partial charge in [0.2, 0.25) is 0 Å². The van der Waals surface area contributed by atoms with Gasteiger partial charge in [-0.3, -0.25) is 0 Å². The van der Waals surface area contributed by atoms with E-state index in [1.807, 2.05) is 11.8 Å². The maximum Gasteiger partial charge on any atom is 0.0729 e. The lowest BCUT2D eigenvalue weighted by atomic mass is 9.63. The van der Waals surface area contributed by atoms with E-state index in [4.69, 9.17) is 0 Å². The zero-order chi connectivity index (χ0) is 39.2. The van der Waals surface area contributed by atoms with Gasteiger partial charge in [-0.25, -0.2) is 0 Å². The molecule has 10 aromatic carbocycles. The molecular formula is C57H39NS. The first kappa shape index (κ1) is 35.1. The minimum atomic E-state index is -0.583. The second-order valence-electron chi connectivity index (χ2n) is 15.2. The average molecular weight is 770 g/mol. The number of fused-ring (bicyclic) bond motifs is 7. The molecule has 1 unspecified atom stereocenters. The van der Waals surface area contributed by atoms with Crippen molar-refractivity contribution in [2.24, 2.45) is 0 Å². The van der Waals surface area contributed by atoms with Crippen LogP contribution in [0.25, 0.3) is 43.8 Å². The Hall–Kier alpha value is -7.13. The van der Waals surface area contributed by atoms with Gasteiger partial charge in [0.1, 0.15) is 0 Å². The van der Waals surface area contributed by atoms with E-state index in [0.717, 1.165) is 17.1 Å². The largest absolute Gasteiger partial charge is 0.311 e. The van der Waals surface area contributed by atoms with Crippen molar-refractivity contribution in [1.82, 2.24) is 0 Å². The molecule has 1 aliphatic heterocycles. The molecule has 1 nitrogen and oxygen atoms in total. The lowest BCUT2D eigenvalue weighted by molar-refractivity contribution is 0.713. The van der Waals surface area contributed by atoms with Crippen LogP contribution in [0.2, 0.25) is 0 Å². The molecule has 0 spiro atoms. The highest BCUT2D eigenvalue weighted by molar-refractivity contribution is 7.99. The number of hydrogen-bond acceptors (Lipinski definition) is 2. The number of benzene rings is 10. The van der Waals surface area contributed by atoms with Gasteiger partial charge in [-0.1, -0.05) is 206 Å². The monoisotopic (exact) mass is 769 g/mol. The molecule has 59 heavy (non-hydrogen) atoms. The van der Waals surface area contributed by atoms with Gasteiger partial charge in [-0.15, -0.1) is 0 Å². The SMILES string of the molecule is c1ccc(-c2ccc(N(c3ccc(-c4ccccc4)cc3)c3ccc(C4(c5ccccc5)c5ccccc5Sc5c4c4ccccc4c4ccccc54)cc3)cc2)cc1. The van der Waals surface area contributed by atoms with Gasteiger partial charge < -0.3 is 4.90 Å². The van der Waals surface area contributed by atoms with E-state index in [0.29, 0.717) is 0 Å². The molecule has 0 aliphatic carbocycles. The van der Waals surface area contributed by atoms with Crippen LogP contribution in [0.5, 0.6) is 0 Å². The van der Waals surface area contributed by atoms with E-state index in [1.54, 1.807) is 0 Å². The summed E-state index contributed by atoms with van der Waals surface area (Å²) in [7, 11) is 0. The number of hydrogen-bond donors (Lipinski definition) is 0. The van der Waals surface area contributed by atoms with Crippen LogP contribution in [0.4, 0.5) is 17.1 Å². The van der Waals surface area contributed by atoms with Crippen LogP contribution in [0.3, 0.4) is 0 Å². The lowest BCUT2D eigenvalue weighted by Gasteiger charge is -2.43. The third kappa shape index (κ3) is 5.87. The molecule has 1 atom stereocenters. The van der Waals surface area contributed by atoms with E-state index in [9.17, 15) is 0 Å². The second kappa shape index (κ2) is 14.7. The Morgan fingerprint density at radius 2 is 0.695 bits per heavy atom. The van der Waals surface area contributed by atoms with Crippen molar-refractivity contribution in [3.05, 3.63) is 259 Å². The summed E-state index contributed by atoms with van der Waals surface area (Å²) in [5.74, 6) is 0. The third-order valence-corrected chi connectivity index (χ3v) is 13.2. The highest BCUT2D eigenvalue weighted by Crippen LogP contribution is 2.59. The smallest absolute Gasteiger partial charge is 0.0729 e. The van der Waals surface area contributed by atoms with Crippen molar-refractivity contribution < 1.29 is 0 Å². The standard InChI is InChI=1S/C57H39NS/c1-4-16-40(17-5-1)42-28-34-46(35-29-42)58(47-36-30-43(31-37-47)41-18-6-2-7-19-41)48-38-32-45(33-39-48)57(44-20-8-3-9-21-44)53-26-14-15-27-54(53)59-56-52-25-13-11-23-50(52)49-22-10-12-24-51(49)55(56)57/h1-39H. The molecule has 0 amide bonds. The van der Waals surface area contributed by atoms with Crippen LogP contribution >= 0.6 is 11.8 Å². The molecule has 0 bridgehead atoms. The molecular weight excluding hydrogens is 731 g/mol. The van der Waals surface area contributed by atoms with E-state index < -0.39 is 5.41 Å². The first-order valence-electron chi connectivity index (χ1n) is 20.3. The van der Waals surface area contributed by atoms with Gasteiger partial charge in [0.15, 0.2) is 0 Å². The Kier molecular flexibility index (Phi) is 8.72. The molecule has 0 N–H and O–H groups in total. The summed E-state index contributed by atoms with van der Waals surface area (Å²) in [4.78, 5) is 4.99. The van der Waals surface area contributed by atoms with Crippen LogP contribution in [0, 0.1) is 0 Å². The molecule has 2 heteroatoms. The molecule has 0 aromatic heterocycles. The van der Waals surface area contributed by atoms with Gasteiger partial charge in [-0.05, 0) is 109 Å². The highest BCUT2D eigenvalue weighted by Gasteiger charge is 2.46. The predicted molar refractivity (Wildman–Crippen MR) is 249 cm³/mol. The Balaban J connectivity index is 1.13. The summed E-state index contributed by atoms with van der Waals surface area (Å²) in [5, 5.41) is 5.15. The van der Waals surface area contributed by atoms with Crippen molar-refractivity contribution >= 4 is 50.4 Å². The average Bonchev–Trinajstić information content (AvgIpc) is 3.32. The van der Waals surface area contributed by atoms with Crippen LogP contribution in [-0.4, -0.2) is 0 Å². The predicted octanol–water partition coefficient (Wildman–Crippen LogP) is 15.6. The Labute approximate surface area is 349 Å². The minimum absolute atomic E-state index is 0.583. The van der Waals surface area contributed by atoms with Gasteiger partial charge in [0.25, 0.3) is 0 Å². The van der Waals surface area contributed by atoms with Crippen LogP contribution in [-0.2, 0) is 5.41 Å². The zero-order valence-electron chi connectivity index (χ0n) is 32.4. The van der Waals surface area contributed by atoms with Crippen molar-refractivity contribution in [2.75, 3.05) is 4.90 Å². The fourth-order valence-corrected chi connectivity index (χ4v) is 10.7. The topological polar surface area (TPSA) is 3.24 Å². The lowest BCUT2D eigenvalue weighted by Crippen LogP contribution is -2.34. The van der Waals surface area contributed by atoms with Crippen LogP contribution in [0.15, 0.2) is 246 Å². The van der Waals surface area contributed by atoms with Crippen molar-refractivity contribution in [3.63, 3.8) is 0 Å². The summed E-state index contributed by atoms with van der Waals surface area (Å²) in [6.07, 6.45) is 0. The third-order valence-electron chi connectivity index (χ3n) is 12.0. The summed E-state index contributed by atoms with van der Waals surface area (Å²) in [6.45, 7) is 0. The summed E-state index contributed by atoms with van der Waals surface area (Å²) >= 11 is 1.91.